The van der Waals surface area contributed by atoms with Gasteiger partial charge in [0.05, 0.1) is 5.56 Å². The van der Waals surface area contributed by atoms with Crippen molar-refractivity contribution in [3.63, 3.8) is 0 Å². The summed E-state index contributed by atoms with van der Waals surface area (Å²) in [6, 6.07) is 5.66. The number of benzene rings is 1. The molecule has 88 valence electrons. The Bertz CT molecular complexity index is 378. The zero-order chi connectivity index (χ0) is 11.8. The maximum Gasteiger partial charge on any atom is 0.416 e. The summed E-state index contributed by atoms with van der Waals surface area (Å²) in [6.45, 7) is 3.61. The van der Waals surface area contributed by atoms with Crippen molar-refractivity contribution in [2.24, 2.45) is 0 Å². The van der Waals surface area contributed by atoms with E-state index in [-0.39, 0.29) is 5.41 Å². The van der Waals surface area contributed by atoms with Crippen molar-refractivity contribution < 1.29 is 13.2 Å². The zero-order valence-corrected chi connectivity index (χ0v) is 9.06. The van der Waals surface area contributed by atoms with E-state index in [1.54, 1.807) is 6.07 Å². The fourth-order valence-corrected chi connectivity index (χ4v) is 2.13. The van der Waals surface area contributed by atoms with Crippen LogP contribution in [0.2, 0.25) is 0 Å². The Hall–Kier alpha value is -1.03. The van der Waals surface area contributed by atoms with E-state index in [0.717, 1.165) is 31.1 Å². The van der Waals surface area contributed by atoms with Gasteiger partial charge in [0.25, 0.3) is 0 Å². The van der Waals surface area contributed by atoms with Crippen LogP contribution in [-0.2, 0) is 11.6 Å². The van der Waals surface area contributed by atoms with Gasteiger partial charge in [0.1, 0.15) is 0 Å². The second kappa shape index (κ2) is 3.77. The van der Waals surface area contributed by atoms with Crippen LogP contribution in [0.15, 0.2) is 24.3 Å². The molecule has 1 nitrogen and oxygen atoms in total. The highest BCUT2D eigenvalue weighted by Crippen LogP contribution is 2.35. The number of alkyl halides is 3. The molecule has 1 aliphatic rings. The van der Waals surface area contributed by atoms with E-state index >= 15 is 0 Å². The van der Waals surface area contributed by atoms with Crippen molar-refractivity contribution in [1.29, 1.82) is 0 Å². The van der Waals surface area contributed by atoms with Gasteiger partial charge in [-0.15, -0.1) is 0 Å². The molecule has 1 aromatic carbocycles. The lowest BCUT2D eigenvalue weighted by Gasteiger charge is -2.24. The molecular weight excluding hydrogens is 215 g/mol. The maximum atomic E-state index is 12.6. The van der Waals surface area contributed by atoms with Crippen molar-refractivity contribution in [2.45, 2.75) is 24.9 Å². The molecule has 1 atom stereocenters. The average molecular weight is 229 g/mol. The van der Waals surface area contributed by atoms with Gasteiger partial charge in [-0.05, 0) is 24.6 Å². The number of hydrogen-bond acceptors (Lipinski definition) is 1. The minimum absolute atomic E-state index is 0.165. The lowest BCUT2D eigenvalue weighted by atomic mass is 9.81. The molecule has 1 heterocycles. The summed E-state index contributed by atoms with van der Waals surface area (Å²) < 4.78 is 37.7. The van der Waals surface area contributed by atoms with E-state index in [1.165, 1.54) is 12.1 Å². The number of rotatable bonds is 1. The van der Waals surface area contributed by atoms with Crippen LogP contribution in [0.25, 0.3) is 0 Å². The van der Waals surface area contributed by atoms with Gasteiger partial charge in [0, 0.05) is 12.0 Å². The number of halogens is 3. The van der Waals surface area contributed by atoms with E-state index in [4.69, 9.17) is 0 Å². The monoisotopic (exact) mass is 229 g/mol. The van der Waals surface area contributed by atoms with Crippen molar-refractivity contribution in [3.8, 4) is 0 Å². The fourth-order valence-electron chi connectivity index (χ4n) is 2.13. The topological polar surface area (TPSA) is 12.0 Å². The Morgan fingerprint density at radius 3 is 2.62 bits per heavy atom. The van der Waals surface area contributed by atoms with E-state index in [0.29, 0.717) is 0 Å². The Morgan fingerprint density at radius 1 is 1.31 bits per heavy atom. The highest BCUT2D eigenvalue weighted by Gasteiger charge is 2.34. The molecule has 1 aliphatic heterocycles. The summed E-state index contributed by atoms with van der Waals surface area (Å²) in [5, 5.41) is 3.19. The van der Waals surface area contributed by atoms with Crippen LogP contribution in [0.1, 0.15) is 24.5 Å². The molecule has 1 unspecified atom stereocenters. The van der Waals surface area contributed by atoms with E-state index < -0.39 is 11.7 Å². The third kappa shape index (κ3) is 2.07. The largest absolute Gasteiger partial charge is 0.416 e. The molecule has 0 amide bonds. The summed E-state index contributed by atoms with van der Waals surface area (Å²) in [5.41, 5.74) is 0.0480. The van der Waals surface area contributed by atoms with Gasteiger partial charge < -0.3 is 5.32 Å². The van der Waals surface area contributed by atoms with Crippen molar-refractivity contribution in [2.75, 3.05) is 13.1 Å². The van der Waals surface area contributed by atoms with Crippen LogP contribution in [0, 0.1) is 0 Å². The van der Waals surface area contributed by atoms with E-state index in [9.17, 15) is 13.2 Å². The van der Waals surface area contributed by atoms with Crippen molar-refractivity contribution in [3.05, 3.63) is 35.4 Å². The van der Waals surface area contributed by atoms with Crippen LogP contribution in [0.4, 0.5) is 13.2 Å². The molecule has 0 spiro atoms. The lowest BCUT2D eigenvalue weighted by Crippen LogP contribution is -2.25. The normalized spacial score (nSPS) is 26.0. The quantitative estimate of drug-likeness (QED) is 0.780. The van der Waals surface area contributed by atoms with Crippen molar-refractivity contribution in [1.82, 2.24) is 5.32 Å². The third-order valence-electron chi connectivity index (χ3n) is 3.26. The van der Waals surface area contributed by atoms with Crippen molar-refractivity contribution >= 4 is 0 Å². The molecule has 0 radical (unpaired) electrons. The smallest absolute Gasteiger partial charge is 0.316 e. The van der Waals surface area contributed by atoms with Crippen LogP contribution in [0.3, 0.4) is 0 Å². The predicted octanol–water partition coefficient (Wildman–Crippen LogP) is 2.96. The Morgan fingerprint density at radius 2 is 2.06 bits per heavy atom. The minimum atomic E-state index is -4.25. The van der Waals surface area contributed by atoms with Gasteiger partial charge in [0.2, 0.25) is 0 Å². The van der Waals surface area contributed by atoms with Gasteiger partial charge in [-0.25, -0.2) is 0 Å². The summed E-state index contributed by atoms with van der Waals surface area (Å²) in [6.07, 6.45) is -3.37. The first-order valence-electron chi connectivity index (χ1n) is 5.30. The molecule has 0 bridgehead atoms. The highest BCUT2D eigenvalue weighted by molar-refractivity contribution is 5.32. The third-order valence-corrected chi connectivity index (χ3v) is 3.26. The minimum Gasteiger partial charge on any atom is -0.316 e. The second-order valence-corrected chi connectivity index (χ2v) is 4.57. The zero-order valence-electron chi connectivity index (χ0n) is 9.06. The number of hydrogen-bond donors (Lipinski definition) is 1. The molecule has 1 saturated heterocycles. The van der Waals surface area contributed by atoms with Crippen LogP contribution in [0.5, 0.6) is 0 Å². The average Bonchev–Trinajstić information content (AvgIpc) is 2.66. The molecule has 0 aliphatic carbocycles. The fraction of sp³-hybridized carbons (Fsp3) is 0.500. The molecule has 2 rings (SSSR count). The lowest BCUT2D eigenvalue weighted by molar-refractivity contribution is -0.137. The van der Waals surface area contributed by atoms with Gasteiger partial charge in [-0.1, -0.05) is 25.1 Å². The molecule has 1 aromatic rings. The number of nitrogens with one attached hydrogen (secondary N) is 1. The molecule has 1 N–H and O–H groups in total. The first kappa shape index (κ1) is 11.5. The van der Waals surface area contributed by atoms with Crippen LogP contribution < -0.4 is 5.32 Å². The first-order valence-corrected chi connectivity index (χ1v) is 5.30. The first-order chi connectivity index (χ1) is 7.42. The molecule has 16 heavy (non-hydrogen) atoms. The van der Waals surface area contributed by atoms with Crippen LogP contribution >= 0.6 is 0 Å². The van der Waals surface area contributed by atoms with Gasteiger partial charge in [-0.3, -0.25) is 0 Å². The molecule has 0 aromatic heterocycles. The molecule has 1 fully saturated rings. The highest BCUT2D eigenvalue weighted by atomic mass is 19.4. The Balaban J connectivity index is 2.36. The summed E-state index contributed by atoms with van der Waals surface area (Å²) >= 11 is 0. The molecule has 4 heteroatoms. The van der Waals surface area contributed by atoms with Gasteiger partial charge in [0.15, 0.2) is 0 Å². The SMILES string of the molecule is CC1(c2cccc(C(F)(F)F)c2)CCNC1. The summed E-state index contributed by atoms with van der Waals surface area (Å²) in [7, 11) is 0. The van der Waals surface area contributed by atoms with E-state index in [1.807, 2.05) is 6.92 Å². The van der Waals surface area contributed by atoms with E-state index in [2.05, 4.69) is 5.32 Å². The maximum absolute atomic E-state index is 12.6. The van der Waals surface area contributed by atoms with Gasteiger partial charge >= 0.3 is 6.18 Å². The van der Waals surface area contributed by atoms with Crippen LogP contribution in [-0.4, -0.2) is 13.1 Å². The second-order valence-electron chi connectivity index (χ2n) is 4.57. The van der Waals surface area contributed by atoms with Gasteiger partial charge in [-0.2, -0.15) is 13.2 Å². The standard InChI is InChI=1S/C12H14F3N/c1-11(5-6-16-8-11)9-3-2-4-10(7-9)12(13,14)15/h2-4,7,16H,5-6,8H2,1H3. The Labute approximate surface area is 92.7 Å². The summed E-state index contributed by atoms with van der Waals surface area (Å²) in [5.74, 6) is 0. The molecule has 0 saturated carbocycles. The summed E-state index contributed by atoms with van der Waals surface area (Å²) in [4.78, 5) is 0. The Kier molecular flexibility index (Phi) is 2.70. The predicted molar refractivity (Wildman–Crippen MR) is 56.3 cm³/mol. The molecular formula is C12H14F3N.